The van der Waals surface area contributed by atoms with E-state index in [1.807, 2.05) is 24.3 Å². The van der Waals surface area contributed by atoms with E-state index in [-0.39, 0.29) is 0 Å². The first-order chi connectivity index (χ1) is 18.5. The van der Waals surface area contributed by atoms with Crippen LogP contribution in [0.1, 0.15) is 45.4 Å². The molecule has 2 aromatic heterocycles. The highest BCUT2D eigenvalue weighted by molar-refractivity contribution is 6.33. The Bertz CT molecular complexity index is 1070. The van der Waals surface area contributed by atoms with Gasteiger partial charge in [0, 0.05) is 56.2 Å². The lowest BCUT2D eigenvalue weighted by atomic mass is 9.82. The van der Waals surface area contributed by atoms with Crippen LogP contribution >= 0.6 is 11.6 Å². The number of nitrogens with two attached hydrogens (primary N) is 1. The second-order valence-corrected chi connectivity index (χ2v) is 10.8. The minimum atomic E-state index is -0.424. The lowest BCUT2D eigenvalue weighted by Crippen LogP contribution is -2.43. The number of halogens is 1. The molecule has 1 saturated carbocycles. The third-order valence-corrected chi connectivity index (χ3v) is 7.71. The Hall–Kier alpha value is -2.48. The fourth-order valence-corrected chi connectivity index (χ4v) is 5.35. The monoisotopic (exact) mass is 541 g/mol. The molecule has 2 aliphatic rings. The van der Waals surface area contributed by atoms with E-state index in [2.05, 4.69) is 33.9 Å². The first-order valence-corrected chi connectivity index (χ1v) is 14.0. The van der Waals surface area contributed by atoms with E-state index in [0.717, 1.165) is 61.4 Å². The summed E-state index contributed by atoms with van der Waals surface area (Å²) in [5, 5.41) is 20.9. The van der Waals surface area contributed by atoms with Crippen molar-refractivity contribution in [3.63, 3.8) is 0 Å². The van der Waals surface area contributed by atoms with Crippen molar-refractivity contribution in [3.05, 3.63) is 35.5 Å². The summed E-state index contributed by atoms with van der Waals surface area (Å²) < 4.78 is 11.0. The Morgan fingerprint density at radius 2 is 1.97 bits per heavy atom. The molecule has 0 spiro atoms. The van der Waals surface area contributed by atoms with Crippen LogP contribution in [-0.2, 0) is 9.47 Å². The summed E-state index contributed by atoms with van der Waals surface area (Å²) in [4.78, 5) is 9.32. The first kappa shape index (κ1) is 28.5. The van der Waals surface area contributed by atoms with Crippen LogP contribution in [0.15, 0.2) is 30.5 Å². The van der Waals surface area contributed by atoms with Gasteiger partial charge in [0.15, 0.2) is 0 Å². The molecular formula is C28H40ClN7O2. The van der Waals surface area contributed by atoms with E-state index in [1.54, 1.807) is 6.20 Å². The van der Waals surface area contributed by atoms with E-state index in [1.165, 1.54) is 0 Å². The fraction of sp³-hybridized carbons (Fsp3) is 0.607. The van der Waals surface area contributed by atoms with Gasteiger partial charge in [0.05, 0.1) is 35.4 Å². The van der Waals surface area contributed by atoms with E-state index in [9.17, 15) is 5.26 Å². The van der Waals surface area contributed by atoms with Crippen LogP contribution in [-0.4, -0.2) is 67.6 Å². The number of nitrogens with one attached hydrogen (secondary N) is 3. The van der Waals surface area contributed by atoms with Crippen LogP contribution in [0.5, 0.6) is 0 Å². The molecule has 4 rings (SSSR count). The maximum Gasteiger partial charge on any atom is 0.126 e. The predicted molar refractivity (Wildman–Crippen MR) is 151 cm³/mol. The van der Waals surface area contributed by atoms with Crippen molar-refractivity contribution in [3.8, 4) is 17.3 Å². The summed E-state index contributed by atoms with van der Waals surface area (Å²) in [6.07, 6.45) is 7.47. The van der Waals surface area contributed by atoms with Gasteiger partial charge in [-0.15, -0.1) is 0 Å². The van der Waals surface area contributed by atoms with Crippen molar-refractivity contribution in [1.29, 1.82) is 5.26 Å². The SMILES string of the molecule is CC(COCCN)N[C@H]1CC[C@H](Nc2cc(-c3cccc(NCC4(C#N)CCOCC4)n3)c(Cl)cn2)CC1. The zero-order valence-electron chi connectivity index (χ0n) is 22.2. The van der Waals surface area contributed by atoms with Crippen molar-refractivity contribution in [2.75, 3.05) is 50.2 Å². The molecule has 10 heteroatoms. The molecule has 3 heterocycles. The van der Waals surface area contributed by atoms with Gasteiger partial charge >= 0.3 is 0 Å². The summed E-state index contributed by atoms with van der Waals surface area (Å²) >= 11 is 6.55. The van der Waals surface area contributed by atoms with Crippen LogP contribution in [0, 0.1) is 16.7 Å². The molecule has 2 fully saturated rings. The second-order valence-electron chi connectivity index (χ2n) is 10.4. The zero-order chi connectivity index (χ0) is 26.8. The highest BCUT2D eigenvalue weighted by Crippen LogP contribution is 2.32. The molecule has 206 valence electrons. The minimum absolute atomic E-state index is 0.316. The molecule has 1 aliphatic heterocycles. The molecule has 38 heavy (non-hydrogen) atoms. The Balaban J connectivity index is 1.33. The highest BCUT2D eigenvalue weighted by Gasteiger charge is 2.32. The number of rotatable bonds is 12. The summed E-state index contributed by atoms with van der Waals surface area (Å²) in [6.45, 7) is 5.78. The summed E-state index contributed by atoms with van der Waals surface area (Å²) in [5.41, 5.74) is 6.67. The molecule has 0 amide bonds. The Labute approximate surface area is 230 Å². The summed E-state index contributed by atoms with van der Waals surface area (Å²) in [6, 6.07) is 11.5. The van der Waals surface area contributed by atoms with Crippen LogP contribution in [0.25, 0.3) is 11.3 Å². The van der Waals surface area contributed by atoms with Crippen LogP contribution in [0.4, 0.5) is 11.6 Å². The average Bonchev–Trinajstić information content (AvgIpc) is 2.95. The van der Waals surface area contributed by atoms with Crippen molar-refractivity contribution >= 4 is 23.2 Å². The number of nitriles is 1. The third kappa shape index (κ3) is 8.01. The molecule has 0 bridgehead atoms. The number of anilines is 2. The molecule has 0 aromatic carbocycles. The van der Waals surface area contributed by atoms with Crippen molar-refractivity contribution in [2.24, 2.45) is 11.1 Å². The van der Waals surface area contributed by atoms with E-state index < -0.39 is 5.41 Å². The molecule has 1 aliphatic carbocycles. The number of hydrogen-bond acceptors (Lipinski definition) is 9. The number of nitrogens with zero attached hydrogens (tertiary/aromatic N) is 3. The van der Waals surface area contributed by atoms with E-state index in [4.69, 9.17) is 31.8 Å². The molecule has 2 aromatic rings. The maximum atomic E-state index is 9.74. The summed E-state index contributed by atoms with van der Waals surface area (Å²) in [5.74, 6) is 1.52. The van der Waals surface area contributed by atoms with Crippen molar-refractivity contribution in [1.82, 2.24) is 15.3 Å². The van der Waals surface area contributed by atoms with Crippen molar-refractivity contribution < 1.29 is 9.47 Å². The third-order valence-electron chi connectivity index (χ3n) is 7.40. The summed E-state index contributed by atoms with van der Waals surface area (Å²) in [7, 11) is 0. The topological polar surface area (TPSA) is 130 Å². The van der Waals surface area contributed by atoms with Crippen molar-refractivity contribution in [2.45, 2.75) is 63.6 Å². The standard InChI is InChI=1S/C28H40ClN7O2/c1-20(17-38-14-11-30)34-21-5-7-22(8-6-21)35-27-15-23(24(29)16-32-27)25-3-2-4-26(36-25)33-19-28(18-31)9-12-37-13-10-28/h2-4,15-16,20-22,34H,5-14,17,19,30H2,1H3,(H,32,35)(H,33,36)/t20?,21-,22-. The van der Waals surface area contributed by atoms with Gasteiger partial charge < -0.3 is 31.2 Å². The van der Waals surface area contributed by atoms with E-state index >= 15 is 0 Å². The minimum Gasteiger partial charge on any atom is -0.381 e. The number of hydrogen-bond donors (Lipinski definition) is 4. The number of ether oxygens (including phenoxy) is 2. The lowest BCUT2D eigenvalue weighted by molar-refractivity contribution is 0.0455. The molecule has 5 N–H and O–H groups in total. The maximum absolute atomic E-state index is 9.74. The van der Waals surface area contributed by atoms with Crippen LogP contribution in [0.2, 0.25) is 5.02 Å². The van der Waals surface area contributed by atoms with Gasteiger partial charge in [0.1, 0.15) is 11.6 Å². The molecule has 9 nitrogen and oxygen atoms in total. The average molecular weight is 542 g/mol. The Kier molecular flexibility index (Phi) is 10.6. The van der Waals surface area contributed by atoms with Gasteiger partial charge in [0.25, 0.3) is 0 Å². The first-order valence-electron chi connectivity index (χ1n) is 13.7. The normalized spacial score (nSPS) is 21.8. The van der Waals surface area contributed by atoms with E-state index in [0.29, 0.717) is 62.7 Å². The van der Waals surface area contributed by atoms with Gasteiger partial charge in [-0.3, -0.25) is 0 Å². The molecule has 1 saturated heterocycles. The largest absolute Gasteiger partial charge is 0.381 e. The van der Waals surface area contributed by atoms with Crippen LogP contribution in [0.3, 0.4) is 0 Å². The Morgan fingerprint density at radius 3 is 2.71 bits per heavy atom. The highest BCUT2D eigenvalue weighted by atomic mass is 35.5. The smallest absolute Gasteiger partial charge is 0.126 e. The second kappa shape index (κ2) is 14.1. The Morgan fingerprint density at radius 1 is 1.21 bits per heavy atom. The predicted octanol–water partition coefficient (Wildman–Crippen LogP) is 4.21. The van der Waals surface area contributed by atoms with Gasteiger partial charge in [0.2, 0.25) is 0 Å². The molecule has 1 unspecified atom stereocenters. The zero-order valence-corrected chi connectivity index (χ0v) is 23.0. The number of aromatic nitrogens is 2. The van der Waals surface area contributed by atoms with Gasteiger partial charge in [-0.2, -0.15) is 5.26 Å². The van der Waals surface area contributed by atoms with Crippen LogP contribution < -0.4 is 21.7 Å². The van der Waals surface area contributed by atoms with Gasteiger partial charge in [-0.25, -0.2) is 9.97 Å². The molecular weight excluding hydrogens is 502 g/mol. The number of pyridine rings is 2. The van der Waals surface area contributed by atoms with Gasteiger partial charge in [-0.05, 0) is 63.6 Å². The molecule has 1 atom stereocenters. The molecule has 0 radical (unpaired) electrons. The van der Waals surface area contributed by atoms with Gasteiger partial charge in [-0.1, -0.05) is 17.7 Å². The quantitative estimate of drug-likeness (QED) is 0.292. The fourth-order valence-electron chi connectivity index (χ4n) is 5.15. The lowest BCUT2D eigenvalue weighted by Gasteiger charge is -2.32.